The van der Waals surface area contributed by atoms with Crippen LogP contribution in [0.1, 0.15) is 23.9 Å². The van der Waals surface area contributed by atoms with Crippen LogP contribution in [-0.4, -0.2) is 89.3 Å². The highest BCUT2D eigenvalue weighted by Gasteiger charge is 2.35. The lowest BCUT2D eigenvalue weighted by molar-refractivity contribution is -0.136. The van der Waals surface area contributed by atoms with Gasteiger partial charge in [-0.3, -0.25) is 9.69 Å². The standard InChI is InChI=1S/C33H36N6O4/c1-41-24-7-8-28-25(15-24)23(16-34-28)14-31(40)39-11-10-38(18-21-9-12-43-20-21)19-30(39)32-35-17-29(36-32)26-13-22-5-3-4-6-27(22)37-33(26)42-2/h3-8,13,15-17,21,30,34H,9-12,14,18-20H2,1-2H3,(H,35,36). The number of carbonyl (C=O) groups is 1. The molecule has 2 unspecified atom stereocenters. The second-order valence-electron chi connectivity index (χ2n) is 11.4. The molecule has 10 heteroatoms. The van der Waals surface area contributed by atoms with Crippen LogP contribution in [-0.2, 0) is 16.0 Å². The minimum Gasteiger partial charge on any atom is -0.497 e. The van der Waals surface area contributed by atoms with Crippen LogP contribution in [0.3, 0.4) is 0 Å². The average Bonchev–Trinajstić information content (AvgIpc) is 3.82. The number of H-pyrrole nitrogens is 2. The van der Waals surface area contributed by atoms with Gasteiger partial charge in [0.25, 0.3) is 0 Å². The fraction of sp³-hybridized carbons (Fsp3) is 0.364. The molecule has 0 bridgehead atoms. The Morgan fingerprint density at radius 1 is 1.12 bits per heavy atom. The quantitative estimate of drug-likeness (QED) is 0.276. The van der Waals surface area contributed by atoms with E-state index in [1.807, 2.05) is 59.8 Å². The van der Waals surface area contributed by atoms with Gasteiger partial charge in [0.05, 0.1) is 50.2 Å². The first kappa shape index (κ1) is 27.4. The molecule has 2 fully saturated rings. The van der Waals surface area contributed by atoms with Crippen molar-refractivity contribution in [2.24, 2.45) is 5.92 Å². The summed E-state index contributed by atoms with van der Waals surface area (Å²) in [6, 6.07) is 15.7. The molecule has 0 aliphatic carbocycles. The molecule has 0 radical (unpaired) electrons. The minimum absolute atomic E-state index is 0.0699. The van der Waals surface area contributed by atoms with Gasteiger partial charge in [-0.25, -0.2) is 9.97 Å². The average molecular weight is 581 g/mol. The normalized spacial score (nSPS) is 19.3. The van der Waals surface area contributed by atoms with Crippen molar-refractivity contribution in [2.75, 3.05) is 53.6 Å². The Kier molecular flexibility index (Phi) is 7.46. The molecule has 3 aromatic heterocycles. The van der Waals surface area contributed by atoms with Gasteiger partial charge in [-0.15, -0.1) is 0 Å². The lowest BCUT2D eigenvalue weighted by Crippen LogP contribution is -2.52. The molecule has 5 heterocycles. The van der Waals surface area contributed by atoms with Gasteiger partial charge in [0, 0.05) is 55.3 Å². The minimum atomic E-state index is -0.225. The topological polar surface area (TPSA) is 109 Å². The number of pyridine rings is 1. The molecule has 2 saturated heterocycles. The highest BCUT2D eigenvalue weighted by Crippen LogP contribution is 2.33. The molecule has 0 saturated carbocycles. The molecule has 2 aromatic carbocycles. The fourth-order valence-corrected chi connectivity index (χ4v) is 6.42. The number of amides is 1. The molecule has 222 valence electrons. The lowest BCUT2D eigenvalue weighted by atomic mass is 10.0. The molecule has 7 rings (SSSR count). The number of carbonyl (C=O) groups excluding carboxylic acids is 1. The molecule has 2 atom stereocenters. The number of nitrogens with zero attached hydrogens (tertiary/aromatic N) is 4. The maximum absolute atomic E-state index is 14.0. The van der Waals surface area contributed by atoms with E-state index in [0.717, 1.165) is 82.9 Å². The Morgan fingerprint density at radius 3 is 2.86 bits per heavy atom. The van der Waals surface area contributed by atoms with Gasteiger partial charge in [-0.05, 0) is 48.2 Å². The van der Waals surface area contributed by atoms with Crippen molar-refractivity contribution in [3.05, 3.63) is 72.3 Å². The van der Waals surface area contributed by atoms with Crippen LogP contribution in [0.2, 0.25) is 0 Å². The van der Waals surface area contributed by atoms with Gasteiger partial charge in [-0.1, -0.05) is 18.2 Å². The predicted molar refractivity (Wildman–Crippen MR) is 164 cm³/mol. The van der Waals surface area contributed by atoms with Crippen molar-refractivity contribution in [2.45, 2.75) is 18.9 Å². The Balaban J connectivity index is 1.19. The second-order valence-corrected chi connectivity index (χ2v) is 11.4. The van der Waals surface area contributed by atoms with E-state index in [-0.39, 0.29) is 18.4 Å². The van der Waals surface area contributed by atoms with E-state index in [1.54, 1.807) is 14.2 Å². The van der Waals surface area contributed by atoms with E-state index in [2.05, 4.69) is 20.9 Å². The summed E-state index contributed by atoms with van der Waals surface area (Å²) in [7, 11) is 3.28. The van der Waals surface area contributed by atoms with Gasteiger partial charge in [0.15, 0.2) is 0 Å². The highest BCUT2D eigenvalue weighted by molar-refractivity contribution is 5.90. The van der Waals surface area contributed by atoms with Gasteiger partial charge >= 0.3 is 0 Å². The summed E-state index contributed by atoms with van der Waals surface area (Å²) in [6.07, 6.45) is 5.11. The number of hydrogen-bond donors (Lipinski definition) is 2. The third-order valence-corrected chi connectivity index (χ3v) is 8.73. The van der Waals surface area contributed by atoms with Crippen molar-refractivity contribution in [1.82, 2.24) is 29.7 Å². The molecular weight excluding hydrogens is 544 g/mol. The molecule has 10 nitrogen and oxygen atoms in total. The highest BCUT2D eigenvalue weighted by atomic mass is 16.5. The van der Waals surface area contributed by atoms with Crippen molar-refractivity contribution >= 4 is 27.7 Å². The fourth-order valence-electron chi connectivity index (χ4n) is 6.42. The monoisotopic (exact) mass is 580 g/mol. The summed E-state index contributed by atoms with van der Waals surface area (Å²) >= 11 is 0. The van der Waals surface area contributed by atoms with Crippen LogP contribution < -0.4 is 9.47 Å². The Labute approximate surface area is 250 Å². The maximum Gasteiger partial charge on any atom is 0.227 e. The molecular formula is C33H36N6O4. The smallest absolute Gasteiger partial charge is 0.227 e. The summed E-state index contributed by atoms with van der Waals surface area (Å²) in [5.41, 5.74) is 4.45. The number of rotatable bonds is 8. The Hall–Kier alpha value is -4.41. The van der Waals surface area contributed by atoms with Crippen LogP contribution in [0.25, 0.3) is 33.1 Å². The first-order valence-electron chi connectivity index (χ1n) is 14.8. The van der Waals surface area contributed by atoms with E-state index in [1.165, 1.54) is 0 Å². The number of aromatic amines is 2. The molecule has 1 amide bonds. The number of hydrogen-bond acceptors (Lipinski definition) is 7. The van der Waals surface area contributed by atoms with Crippen molar-refractivity contribution in [1.29, 1.82) is 0 Å². The van der Waals surface area contributed by atoms with E-state index in [0.29, 0.717) is 24.9 Å². The Morgan fingerprint density at radius 2 is 2.02 bits per heavy atom. The number of benzene rings is 2. The van der Waals surface area contributed by atoms with E-state index in [4.69, 9.17) is 24.2 Å². The number of methoxy groups -OCH3 is 2. The van der Waals surface area contributed by atoms with Crippen LogP contribution in [0.4, 0.5) is 0 Å². The zero-order chi connectivity index (χ0) is 29.3. The van der Waals surface area contributed by atoms with E-state index < -0.39 is 0 Å². The molecule has 2 aliphatic rings. The van der Waals surface area contributed by atoms with Crippen LogP contribution >= 0.6 is 0 Å². The van der Waals surface area contributed by atoms with Crippen LogP contribution in [0.5, 0.6) is 11.6 Å². The Bertz CT molecular complexity index is 1760. The van der Waals surface area contributed by atoms with Crippen molar-refractivity contribution in [3.8, 4) is 22.9 Å². The molecule has 43 heavy (non-hydrogen) atoms. The van der Waals surface area contributed by atoms with Gasteiger partial charge in [-0.2, -0.15) is 0 Å². The summed E-state index contributed by atoms with van der Waals surface area (Å²) in [4.78, 5) is 34.8. The maximum atomic E-state index is 14.0. The second kappa shape index (κ2) is 11.7. The lowest BCUT2D eigenvalue weighted by Gasteiger charge is -2.41. The number of nitrogens with one attached hydrogen (secondary N) is 2. The summed E-state index contributed by atoms with van der Waals surface area (Å²) < 4.78 is 16.8. The number of fused-ring (bicyclic) bond motifs is 2. The van der Waals surface area contributed by atoms with E-state index >= 15 is 0 Å². The zero-order valence-electron chi connectivity index (χ0n) is 24.5. The number of ether oxygens (including phenoxy) is 3. The molecule has 0 spiro atoms. The first-order chi connectivity index (χ1) is 21.1. The van der Waals surface area contributed by atoms with Gasteiger partial charge in [0.2, 0.25) is 11.8 Å². The third-order valence-electron chi connectivity index (χ3n) is 8.73. The zero-order valence-corrected chi connectivity index (χ0v) is 24.5. The number of aromatic nitrogens is 4. The largest absolute Gasteiger partial charge is 0.497 e. The van der Waals surface area contributed by atoms with Crippen molar-refractivity contribution < 1.29 is 19.0 Å². The molecule has 5 aromatic rings. The summed E-state index contributed by atoms with van der Waals surface area (Å²) in [6.45, 7) is 4.72. The SMILES string of the molecule is COc1ccc2[nH]cc(CC(=O)N3CCN(CC4CCOC4)CC3c3ncc(-c4cc5ccccc5nc4OC)[nH]3)c2c1. The number of piperazine rings is 1. The van der Waals surface area contributed by atoms with Gasteiger partial charge < -0.3 is 29.1 Å². The van der Waals surface area contributed by atoms with E-state index in [9.17, 15) is 4.79 Å². The van der Waals surface area contributed by atoms with Gasteiger partial charge in [0.1, 0.15) is 17.6 Å². The summed E-state index contributed by atoms with van der Waals surface area (Å²) in [5, 5.41) is 2.02. The molecule has 2 aliphatic heterocycles. The number of imidazole rings is 1. The summed E-state index contributed by atoms with van der Waals surface area (Å²) in [5.74, 6) is 2.64. The first-order valence-corrected chi connectivity index (χ1v) is 14.8. The molecule has 2 N–H and O–H groups in total. The van der Waals surface area contributed by atoms with Crippen LogP contribution in [0.15, 0.2) is 60.9 Å². The third kappa shape index (κ3) is 5.44. The van der Waals surface area contributed by atoms with Crippen LogP contribution in [0, 0.1) is 5.92 Å². The predicted octanol–water partition coefficient (Wildman–Crippen LogP) is 4.59. The van der Waals surface area contributed by atoms with Crippen molar-refractivity contribution in [3.63, 3.8) is 0 Å². The number of para-hydroxylation sites is 1.